The van der Waals surface area contributed by atoms with Gasteiger partial charge in [-0.05, 0) is 24.3 Å². The average Bonchev–Trinajstić information content (AvgIpc) is 3.09. The second kappa shape index (κ2) is 7.62. The minimum Gasteiger partial charge on any atom is -0.395 e. The molecule has 1 heterocycles. The third-order valence-corrected chi connectivity index (χ3v) is 4.49. The van der Waals surface area contributed by atoms with E-state index in [9.17, 15) is 4.79 Å². The molecule has 1 fully saturated rings. The third kappa shape index (κ3) is 4.60. The van der Waals surface area contributed by atoms with E-state index in [1.807, 2.05) is 17.5 Å². The highest BCUT2D eigenvalue weighted by atomic mass is 32.1. The third-order valence-electron chi connectivity index (χ3n) is 3.61. The molecule has 1 aromatic rings. The highest BCUT2D eigenvalue weighted by molar-refractivity contribution is 7.09. The SMILES string of the molecule is O=C(CN(CCO)C1CCCC1)NCc1cccs1. The van der Waals surface area contributed by atoms with Gasteiger partial charge in [-0.15, -0.1) is 11.3 Å². The molecule has 0 atom stereocenters. The minimum atomic E-state index is 0.0498. The van der Waals surface area contributed by atoms with Crippen LogP contribution in [0, 0.1) is 0 Å². The first-order valence-electron chi connectivity index (χ1n) is 6.93. The number of amides is 1. The number of aliphatic hydroxyl groups is 1. The fourth-order valence-electron chi connectivity index (χ4n) is 2.63. The molecule has 0 bridgehead atoms. The molecule has 0 saturated heterocycles. The minimum absolute atomic E-state index is 0.0498. The van der Waals surface area contributed by atoms with Crippen molar-refractivity contribution in [1.82, 2.24) is 10.2 Å². The van der Waals surface area contributed by atoms with Crippen molar-refractivity contribution in [1.29, 1.82) is 0 Å². The number of nitrogens with zero attached hydrogens (tertiary/aromatic N) is 1. The van der Waals surface area contributed by atoms with E-state index in [2.05, 4.69) is 10.2 Å². The van der Waals surface area contributed by atoms with Gasteiger partial charge in [-0.1, -0.05) is 18.9 Å². The number of hydrogen-bond acceptors (Lipinski definition) is 4. The second-order valence-electron chi connectivity index (χ2n) is 4.99. The topological polar surface area (TPSA) is 52.6 Å². The van der Waals surface area contributed by atoms with E-state index in [0.717, 1.165) is 12.8 Å². The number of rotatable bonds is 7. The number of carbonyl (C=O) groups excluding carboxylic acids is 1. The molecule has 0 unspecified atom stereocenters. The van der Waals surface area contributed by atoms with E-state index in [1.165, 1.54) is 17.7 Å². The molecule has 5 heteroatoms. The summed E-state index contributed by atoms with van der Waals surface area (Å²) in [6.45, 7) is 1.72. The number of nitrogens with one attached hydrogen (secondary N) is 1. The standard InChI is InChI=1S/C14H22N2O2S/c17-8-7-16(12-4-1-2-5-12)11-14(18)15-10-13-6-3-9-19-13/h3,6,9,12,17H,1-2,4-5,7-8,10-11H2,(H,15,18). The maximum absolute atomic E-state index is 12.0. The van der Waals surface area contributed by atoms with Crippen LogP contribution in [0.3, 0.4) is 0 Å². The van der Waals surface area contributed by atoms with E-state index >= 15 is 0 Å². The lowest BCUT2D eigenvalue weighted by atomic mass is 10.2. The average molecular weight is 282 g/mol. The summed E-state index contributed by atoms with van der Waals surface area (Å²) < 4.78 is 0. The molecule has 0 spiro atoms. The first-order valence-corrected chi connectivity index (χ1v) is 7.81. The molecular weight excluding hydrogens is 260 g/mol. The van der Waals surface area contributed by atoms with Gasteiger partial charge in [0.2, 0.25) is 5.91 Å². The van der Waals surface area contributed by atoms with Crippen LogP contribution < -0.4 is 5.32 Å². The maximum Gasteiger partial charge on any atom is 0.234 e. The summed E-state index contributed by atoms with van der Waals surface area (Å²) in [5.74, 6) is 0.0498. The Morgan fingerprint density at radius 3 is 2.89 bits per heavy atom. The van der Waals surface area contributed by atoms with Crippen molar-refractivity contribution in [2.75, 3.05) is 19.7 Å². The van der Waals surface area contributed by atoms with E-state index in [-0.39, 0.29) is 12.5 Å². The number of thiophene rings is 1. The first kappa shape index (κ1) is 14.5. The van der Waals surface area contributed by atoms with Gasteiger partial charge in [0.05, 0.1) is 19.7 Å². The molecule has 1 saturated carbocycles. The van der Waals surface area contributed by atoms with Crippen molar-refractivity contribution >= 4 is 17.2 Å². The molecule has 0 aliphatic heterocycles. The zero-order valence-corrected chi connectivity index (χ0v) is 12.0. The Kier molecular flexibility index (Phi) is 5.82. The zero-order chi connectivity index (χ0) is 13.5. The normalized spacial score (nSPS) is 16.1. The van der Waals surface area contributed by atoms with Gasteiger partial charge in [-0.2, -0.15) is 0 Å². The van der Waals surface area contributed by atoms with E-state index in [1.54, 1.807) is 11.3 Å². The van der Waals surface area contributed by atoms with Gasteiger partial charge < -0.3 is 10.4 Å². The summed E-state index contributed by atoms with van der Waals surface area (Å²) >= 11 is 1.65. The summed E-state index contributed by atoms with van der Waals surface area (Å²) in [6.07, 6.45) is 4.78. The summed E-state index contributed by atoms with van der Waals surface area (Å²) in [4.78, 5) is 15.2. The molecule has 0 radical (unpaired) electrons. The molecule has 19 heavy (non-hydrogen) atoms. The fourth-order valence-corrected chi connectivity index (χ4v) is 3.27. The van der Waals surface area contributed by atoms with Gasteiger partial charge in [0.25, 0.3) is 0 Å². The Hall–Kier alpha value is -0.910. The summed E-state index contributed by atoms with van der Waals surface area (Å²) in [5, 5.41) is 14.1. The van der Waals surface area contributed by atoms with Gasteiger partial charge in [-0.25, -0.2) is 0 Å². The molecule has 4 nitrogen and oxygen atoms in total. The smallest absolute Gasteiger partial charge is 0.234 e. The van der Waals surface area contributed by atoms with Crippen molar-refractivity contribution < 1.29 is 9.90 Å². The van der Waals surface area contributed by atoms with Crippen LogP contribution in [0.15, 0.2) is 17.5 Å². The van der Waals surface area contributed by atoms with Crippen LogP contribution in [-0.2, 0) is 11.3 Å². The van der Waals surface area contributed by atoms with Crippen molar-refractivity contribution in [2.45, 2.75) is 38.3 Å². The predicted molar refractivity (Wildman–Crippen MR) is 77.1 cm³/mol. The van der Waals surface area contributed by atoms with E-state index in [4.69, 9.17) is 5.11 Å². The Balaban J connectivity index is 1.77. The van der Waals surface area contributed by atoms with Gasteiger partial charge in [0, 0.05) is 17.5 Å². The molecule has 1 aliphatic carbocycles. The van der Waals surface area contributed by atoms with Crippen LogP contribution in [-0.4, -0.2) is 41.7 Å². The summed E-state index contributed by atoms with van der Waals surface area (Å²) in [6, 6.07) is 4.48. The van der Waals surface area contributed by atoms with Crippen LogP contribution in [0.5, 0.6) is 0 Å². The number of aliphatic hydroxyl groups excluding tert-OH is 1. The van der Waals surface area contributed by atoms with Gasteiger partial charge in [-0.3, -0.25) is 9.69 Å². The van der Waals surface area contributed by atoms with Gasteiger partial charge in [0.1, 0.15) is 0 Å². The molecule has 106 valence electrons. The molecule has 2 rings (SSSR count). The largest absolute Gasteiger partial charge is 0.395 e. The van der Waals surface area contributed by atoms with Crippen molar-refractivity contribution in [3.05, 3.63) is 22.4 Å². The quantitative estimate of drug-likeness (QED) is 0.799. The van der Waals surface area contributed by atoms with Crippen molar-refractivity contribution in [3.8, 4) is 0 Å². The van der Waals surface area contributed by atoms with Gasteiger partial charge >= 0.3 is 0 Å². The molecule has 2 N–H and O–H groups in total. The van der Waals surface area contributed by atoms with Gasteiger partial charge in [0.15, 0.2) is 0 Å². The van der Waals surface area contributed by atoms with E-state index < -0.39 is 0 Å². The lowest BCUT2D eigenvalue weighted by molar-refractivity contribution is -0.123. The number of hydrogen-bond donors (Lipinski definition) is 2. The monoisotopic (exact) mass is 282 g/mol. The predicted octanol–water partition coefficient (Wildman–Crippen LogP) is 1.60. The Bertz CT molecular complexity index is 375. The molecular formula is C14H22N2O2S. The Morgan fingerprint density at radius 2 is 2.26 bits per heavy atom. The highest BCUT2D eigenvalue weighted by Gasteiger charge is 2.23. The van der Waals surface area contributed by atoms with Crippen LogP contribution in [0.25, 0.3) is 0 Å². The van der Waals surface area contributed by atoms with Crippen LogP contribution in [0.4, 0.5) is 0 Å². The molecule has 0 aromatic carbocycles. The zero-order valence-electron chi connectivity index (χ0n) is 11.2. The summed E-state index contributed by atoms with van der Waals surface area (Å²) in [7, 11) is 0. The van der Waals surface area contributed by atoms with Crippen LogP contribution in [0.2, 0.25) is 0 Å². The fraction of sp³-hybridized carbons (Fsp3) is 0.643. The van der Waals surface area contributed by atoms with Crippen molar-refractivity contribution in [2.24, 2.45) is 0 Å². The lowest BCUT2D eigenvalue weighted by Gasteiger charge is -2.27. The van der Waals surface area contributed by atoms with Crippen LogP contribution in [0.1, 0.15) is 30.6 Å². The first-order chi connectivity index (χ1) is 9.29. The molecule has 1 amide bonds. The second-order valence-corrected chi connectivity index (χ2v) is 6.02. The number of carbonyl (C=O) groups is 1. The lowest BCUT2D eigenvalue weighted by Crippen LogP contribution is -2.43. The Labute approximate surface area is 118 Å². The Morgan fingerprint density at radius 1 is 1.47 bits per heavy atom. The maximum atomic E-state index is 12.0. The molecule has 1 aliphatic rings. The summed E-state index contributed by atoms with van der Waals surface area (Å²) in [5.41, 5.74) is 0. The van der Waals surface area contributed by atoms with Crippen molar-refractivity contribution in [3.63, 3.8) is 0 Å². The highest BCUT2D eigenvalue weighted by Crippen LogP contribution is 2.22. The van der Waals surface area contributed by atoms with E-state index in [0.29, 0.717) is 25.7 Å². The van der Waals surface area contributed by atoms with Crippen LogP contribution >= 0.6 is 11.3 Å². The molecule has 1 aromatic heterocycles.